The highest BCUT2D eigenvalue weighted by molar-refractivity contribution is 6.30. The van der Waals surface area contributed by atoms with Crippen molar-refractivity contribution in [2.24, 2.45) is 0 Å². The van der Waals surface area contributed by atoms with Gasteiger partial charge in [-0.2, -0.15) is 0 Å². The molecule has 0 aliphatic rings. The minimum Gasteiger partial charge on any atom is -0.456 e. The number of benzene rings is 1. The summed E-state index contributed by atoms with van der Waals surface area (Å²) in [6.07, 6.45) is 1.52. The molecule has 1 aromatic carbocycles. The van der Waals surface area contributed by atoms with Crippen LogP contribution in [0.15, 0.2) is 48.7 Å². The van der Waals surface area contributed by atoms with Gasteiger partial charge in [0.15, 0.2) is 0 Å². The number of esters is 1. The van der Waals surface area contributed by atoms with Crippen LogP contribution in [-0.4, -0.2) is 11.0 Å². The van der Waals surface area contributed by atoms with Gasteiger partial charge in [-0.05, 0) is 24.3 Å². The van der Waals surface area contributed by atoms with Crippen LogP contribution in [-0.2, 0) is 11.3 Å². The zero-order valence-corrected chi connectivity index (χ0v) is 9.72. The van der Waals surface area contributed by atoms with E-state index in [-0.39, 0.29) is 12.6 Å². The molecule has 1 heterocycles. The van der Waals surface area contributed by atoms with E-state index in [1.165, 1.54) is 6.20 Å². The average molecular weight is 248 g/mol. The third kappa shape index (κ3) is 3.29. The lowest BCUT2D eigenvalue weighted by molar-refractivity contribution is 0.0468. The summed E-state index contributed by atoms with van der Waals surface area (Å²) < 4.78 is 5.11. The Morgan fingerprint density at radius 3 is 2.59 bits per heavy atom. The first kappa shape index (κ1) is 11.6. The average Bonchev–Trinajstić information content (AvgIpc) is 2.39. The van der Waals surface area contributed by atoms with E-state index in [0.29, 0.717) is 16.3 Å². The third-order valence-corrected chi connectivity index (χ3v) is 2.37. The van der Waals surface area contributed by atoms with Gasteiger partial charge in [-0.1, -0.05) is 29.8 Å². The first-order valence-corrected chi connectivity index (χ1v) is 5.46. The Labute approximate surface area is 104 Å². The molecule has 0 fully saturated rings. The smallest absolute Gasteiger partial charge is 0.338 e. The number of ether oxygens (including phenoxy) is 1. The van der Waals surface area contributed by atoms with Gasteiger partial charge in [0.05, 0.1) is 16.3 Å². The second-order valence-corrected chi connectivity index (χ2v) is 3.85. The molecule has 0 saturated carbocycles. The van der Waals surface area contributed by atoms with Gasteiger partial charge in [0.1, 0.15) is 6.61 Å². The van der Waals surface area contributed by atoms with Crippen molar-refractivity contribution in [1.29, 1.82) is 0 Å². The molecule has 86 valence electrons. The molecule has 1 aromatic heterocycles. The Bertz CT molecular complexity index is 497. The Morgan fingerprint density at radius 2 is 1.94 bits per heavy atom. The van der Waals surface area contributed by atoms with E-state index in [2.05, 4.69) is 4.98 Å². The molecule has 2 rings (SSSR count). The van der Waals surface area contributed by atoms with Crippen LogP contribution in [0.1, 0.15) is 16.1 Å². The van der Waals surface area contributed by atoms with Gasteiger partial charge in [0.2, 0.25) is 0 Å². The largest absolute Gasteiger partial charge is 0.456 e. The third-order valence-electron chi connectivity index (χ3n) is 2.15. The monoisotopic (exact) mass is 247 g/mol. The summed E-state index contributed by atoms with van der Waals surface area (Å²) >= 11 is 5.70. The topological polar surface area (TPSA) is 39.2 Å². The van der Waals surface area contributed by atoms with E-state index in [1.807, 2.05) is 6.07 Å². The SMILES string of the molecule is O=C(OCc1ccc(Cl)cn1)c1ccccc1. The summed E-state index contributed by atoms with van der Waals surface area (Å²) in [5.41, 5.74) is 1.19. The second kappa shape index (κ2) is 5.46. The van der Waals surface area contributed by atoms with Crippen molar-refractivity contribution >= 4 is 17.6 Å². The van der Waals surface area contributed by atoms with Gasteiger partial charge < -0.3 is 4.74 Å². The molecule has 4 heteroatoms. The molecule has 0 spiro atoms. The van der Waals surface area contributed by atoms with Gasteiger partial charge in [-0.3, -0.25) is 4.98 Å². The Hall–Kier alpha value is -1.87. The maximum absolute atomic E-state index is 11.6. The van der Waals surface area contributed by atoms with Gasteiger partial charge >= 0.3 is 5.97 Å². The predicted octanol–water partition coefficient (Wildman–Crippen LogP) is 3.09. The van der Waals surface area contributed by atoms with E-state index >= 15 is 0 Å². The fourth-order valence-electron chi connectivity index (χ4n) is 1.29. The lowest BCUT2D eigenvalue weighted by atomic mass is 10.2. The molecule has 0 aliphatic carbocycles. The van der Waals surface area contributed by atoms with Crippen LogP contribution in [0.25, 0.3) is 0 Å². The van der Waals surface area contributed by atoms with Crippen LogP contribution in [0.3, 0.4) is 0 Å². The standard InChI is InChI=1S/C13H10ClNO2/c14-11-6-7-12(15-8-11)9-17-13(16)10-4-2-1-3-5-10/h1-8H,9H2. The molecular formula is C13H10ClNO2. The van der Waals surface area contributed by atoms with Gasteiger partial charge in [0, 0.05) is 6.20 Å². The summed E-state index contributed by atoms with van der Waals surface area (Å²) in [6, 6.07) is 12.3. The van der Waals surface area contributed by atoms with Crippen LogP contribution >= 0.6 is 11.6 Å². The molecule has 0 saturated heterocycles. The molecule has 0 amide bonds. The minimum absolute atomic E-state index is 0.144. The van der Waals surface area contributed by atoms with Crippen molar-refractivity contribution in [3.05, 3.63) is 64.9 Å². The maximum atomic E-state index is 11.6. The van der Waals surface area contributed by atoms with Crippen molar-refractivity contribution in [3.63, 3.8) is 0 Å². The highest BCUT2D eigenvalue weighted by Crippen LogP contribution is 2.08. The number of rotatable bonds is 3. The lowest BCUT2D eigenvalue weighted by Gasteiger charge is -2.04. The molecule has 0 N–H and O–H groups in total. The molecule has 0 unspecified atom stereocenters. The highest BCUT2D eigenvalue weighted by Gasteiger charge is 2.06. The molecule has 0 radical (unpaired) electrons. The number of nitrogens with zero attached hydrogens (tertiary/aromatic N) is 1. The van der Waals surface area contributed by atoms with Crippen molar-refractivity contribution in [3.8, 4) is 0 Å². The number of hydrogen-bond donors (Lipinski definition) is 0. The van der Waals surface area contributed by atoms with E-state index in [0.717, 1.165) is 0 Å². The Balaban J connectivity index is 1.95. The van der Waals surface area contributed by atoms with E-state index in [1.54, 1.807) is 36.4 Å². The van der Waals surface area contributed by atoms with Crippen molar-refractivity contribution in [2.45, 2.75) is 6.61 Å². The molecule has 2 aromatic rings. The number of halogens is 1. The Kier molecular flexibility index (Phi) is 3.73. The Morgan fingerprint density at radius 1 is 1.18 bits per heavy atom. The van der Waals surface area contributed by atoms with E-state index < -0.39 is 0 Å². The van der Waals surface area contributed by atoms with E-state index in [9.17, 15) is 4.79 Å². The fourth-order valence-corrected chi connectivity index (χ4v) is 1.40. The fraction of sp³-hybridized carbons (Fsp3) is 0.0769. The first-order chi connectivity index (χ1) is 8.25. The van der Waals surface area contributed by atoms with Gasteiger partial charge in [0.25, 0.3) is 0 Å². The second-order valence-electron chi connectivity index (χ2n) is 3.41. The predicted molar refractivity (Wildman–Crippen MR) is 64.8 cm³/mol. The normalized spacial score (nSPS) is 9.94. The molecule has 0 bridgehead atoms. The molecular weight excluding hydrogens is 238 g/mol. The summed E-state index contributed by atoms with van der Waals surface area (Å²) in [5, 5.41) is 0.558. The first-order valence-electron chi connectivity index (χ1n) is 5.08. The van der Waals surface area contributed by atoms with Crippen LogP contribution < -0.4 is 0 Å². The molecule has 17 heavy (non-hydrogen) atoms. The van der Waals surface area contributed by atoms with E-state index in [4.69, 9.17) is 16.3 Å². The molecule has 0 atom stereocenters. The van der Waals surface area contributed by atoms with Crippen LogP contribution in [0.4, 0.5) is 0 Å². The minimum atomic E-state index is -0.359. The van der Waals surface area contributed by atoms with Crippen molar-refractivity contribution in [2.75, 3.05) is 0 Å². The zero-order chi connectivity index (χ0) is 12.1. The number of pyridine rings is 1. The van der Waals surface area contributed by atoms with Crippen molar-refractivity contribution < 1.29 is 9.53 Å². The van der Waals surface area contributed by atoms with Crippen LogP contribution in [0.5, 0.6) is 0 Å². The number of carbonyl (C=O) groups excluding carboxylic acids is 1. The lowest BCUT2D eigenvalue weighted by Crippen LogP contribution is -2.05. The zero-order valence-electron chi connectivity index (χ0n) is 8.97. The number of hydrogen-bond acceptors (Lipinski definition) is 3. The maximum Gasteiger partial charge on any atom is 0.338 e. The molecule has 0 aliphatic heterocycles. The molecule has 3 nitrogen and oxygen atoms in total. The summed E-state index contributed by atoms with van der Waals surface area (Å²) in [5.74, 6) is -0.359. The van der Waals surface area contributed by atoms with Crippen LogP contribution in [0.2, 0.25) is 5.02 Å². The van der Waals surface area contributed by atoms with Gasteiger partial charge in [-0.15, -0.1) is 0 Å². The highest BCUT2D eigenvalue weighted by atomic mass is 35.5. The summed E-state index contributed by atoms with van der Waals surface area (Å²) in [4.78, 5) is 15.6. The van der Waals surface area contributed by atoms with Crippen LogP contribution in [0, 0.1) is 0 Å². The summed E-state index contributed by atoms with van der Waals surface area (Å²) in [6.45, 7) is 0.144. The number of carbonyl (C=O) groups is 1. The number of aromatic nitrogens is 1. The van der Waals surface area contributed by atoms with Gasteiger partial charge in [-0.25, -0.2) is 4.79 Å². The quantitative estimate of drug-likeness (QED) is 0.783. The van der Waals surface area contributed by atoms with Crippen molar-refractivity contribution in [1.82, 2.24) is 4.98 Å². The summed E-state index contributed by atoms with van der Waals surface area (Å²) in [7, 11) is 0.